The van der Waals surface area contributed by atoms with Crippen LogP contribution in [0.3, 0.4) is 0 Å². The molecule has 6 heteroatoms. The second-order valence-electron chi connectivity index (χ2n) is 11.1. The predicted octanol–water partition coefficient (Wildman–Crippen LogP) is 4.98. The lowest BCUT2D eigenvalue weighted by Gasteiger charge is -2.58. The van der Waals surface area contributed by atoms with E-state index in [0.717, 1.165) is 25.7 Å². The van der Waals surface area contributed by atoms with Gasteiger partial charge >= 0.3 is 0 Å². The van der Waals surface area contributed by atoms with Gasteiger partial charge in [-0.1, -0.05) is 57.2 Å². The number of amides is 1. The van der Waals surface area contributed by atoms with Gasteiger partial charge in [0.25, 0.3) is 0 Å². The Morgan fingerprint density at radius 3 is 2.26 bits per heavy atom. The minimum absolute atomic E-state index is 0.0809. The van der Waals surface area contributed by atoms with Crippen LogP contribution in [0, 0.1) is 11.3 Å². The number of nitrogens with zero attached hydrogens (tertiary/aromatic N) is 2. The van der Waals surface area contributed by atoms with Crippen molar-refractivity contribution in [3.05, 3.63) is 48.0 Å². The first-order valence-corrected chi connectivity index (χ1v) is 13.4. The van der Waals surface area contributed by atoms with Crippen LogP contribution in [0.1, 0.15) is 71.8 Å². The van der Waals surface area contributed by atoms with Gasteiger partial charge in [-0.25, -0.2) is 10.4 Å². The summed E-state index contributed by atoms with van der Waals surface area (Å²) in [5.74, 6) is -0.861. The van der Waals surface area contributed by atoms with Crippen molar-refractivity contribution >= 4 is 5.91 Å². The second-order valence-corrected chi connectivity index (χ2v) is 11.1. The Labute approximate surface area is 213 Å². The zero-order chi connectivity index (χ0) is 25.7. The number of allylic oxidation sites excluding steroid dienone is 1. The Morgan fingerprint density at radius 1 is 1.09 bits per heavy atom. The van der Waals surface area contributed by atoms with Gasteiger partial charge in [-0.05, 0) is 57.1 Å². The maximum absolute atomic E-state index is 14.3. The van der Waals surface area contributed by atoms with Crippen molar-refractivity contribution < 1.29 is 14.3 Å². The van der Waals surface area contributed by atoms with Crippen molar-refractivity contribution in [2.75, 3.05) is 40.4 Å². The third-order valence-electron chi connectivity index (χ3n) is 7.62. The third kappa shape index (κ3) is 5.82. The minimum Gasteiger partial charge on any atom is -0.344 e. The molecule has 3 unspecified atom stereocenters. The number of carbonyl (C=O) groups excluding carboxylic acids is 1. The lowest BCUT2D eigenvalue weighted by Crippen LogP contribution is -2.75. The van der Waals surface area contributed by atoms with Gasteiger partial charge in [0.2, 0.25) is 11.7 Å². The number of carbonyl (C=O) groups is 1. The summed E-state index contributed by atoms with van der Waals surface area (Å²) in [6.07, 6.45) is 7.54. The molecule has 1 heterocycles. The zero-order valence-electron chi connectivity index (χ0n) is 23.0. The van der Waals surface area contributed by atoms with E-state index in [1.165, 1.54) is 5.56 Å². The molecular weight excluding hydrogens is 438 g/mol. The van der Waals surface area contributed by atoms with Crippen LogP contribution >= 0.6 is 0 Å². The van der Waals surface area contributed by atoms with Crippen molar-refractivity contribution in [1.29, 1.82) is 0 Å². The van der Waals surface area contributed by atoms with Crippen molar-refractivity contribution in [3.8, 4) is 0 Å². The maximum atomic E-state index is 14.3. The second kappa shape index (κ2) is 11.5. The third-order valence-corrected chi connectivity index (χ3v) is 7.62. The summed E-state index contributed by atoms with van der Waals surface area (Å²) in [7, 11) is 3.99. The van der Waals surface area contributed by atoms with E-state index in [9.17, 15) is 4.79 Å². The first-order valence-electron chi connectivity index (χ1n) is 13.4. The Morgan fingerprint density at radius 2 is 1.71 bits per heavy atom. The van der Waals surface area contributed by atoms with Gasteiger partial charge in [0, 0.05) is 32.6 Å². The molecule has 2 fully saturated rings. The number of hydrogen-bond donors (Lipinski definition) is 1. The zero-order valence-corrected chi connectivity index (χ0v) is 23.0. The largest absolute Gasteiger partial charge is 0.344 e. The van der Waals surface area contributed by atoms with Gasteiger partial charge < -0.3 is 14.4 Å². The lowest BCUT2D eigenvalue weighted by molar-refractivity contribution is -0.322. The molecule has 1 aliphatic heterocycles. The molecule has 1 saturated heterocycles. The van der Waals surface area contributed by atoms with Crippen molar-refractivity contribution in [2.24, 2.45) is 11.3 Å². The summed E-state index contributed by atoms with van der Waals surface area (Å²) in [5, 5.41) is 1.97. The average Bonchev–Trinajstić information content (AvgIpc) is 2.84. The molecule has 2 aliphatic rings. The van der Waals surface area contributed by atoms with Crippen LogP contribution in [0.4, 0.5) is 0 Å². The molecule has 196 valence electrons. The van der Waals surface area contributed by atoms with E-state index in [1.807, 2.05) is 24.0 Å². The number of hydrogen-bond acceptors (Lipinski definition) is 5. The molecule has 0 spiro atoms. The van der Waals surface area contributed by atoms with Crippen LogP contribution in [-0.4, -0.2) is 67.5 Å². The SMILES string of the molecule is CC/C=C/C1(C2(NN(C)C)CCC(c3ccccc3)CC2C(=O)N(CC)CC)OCC(C)(C)CO1. The highest BCUT2D eigenvalue weighted by atomic mass is 16.7. The molecule has 3 rings (SSSR count). The van der Waals surface area contributed by atoms with Crippen LogP contribution in [0.2, 0.25) is 0 Å². The first-order chi connectivity index (χ1) is 16.6. The molecule has 1 N–H and O–H groups in total. The topological polar surface area (TPSA) is 54.0 Å². The van der Waals surface area contributed by atoms with E-state index in [4.69, 9.17) is 9.47 Å². The van der Waals surface area contributed by atoms with Gasteiger partial charge in [-0.3, -0.25) is 4.79 Å². The van der Waals surface area contributed by atoms with Crippen molar-refractivity contribution in [3.63, 3.8) is 0 Å². The molecule has 1 aromatic carbocycles. The van der Waals surface area contributed by atoms with Crippen molar-refractivity contribution in [2.45, 2.75) is 77.5 Å². The number of hydrazine groups is 1. The lowest BCUT2D eigenvalue weighted by atomic mass is 9.62. The fraction of sp³-hybridized carbons (Fsp3) is 0.690. The number of nitrogens with one attached hydrogen (secondary N) is 1. The molecule has 1 aliphatic carbocycles. The molecule has 6 nitrogen and oxygen atoms in total. The monoisotopic (exact) mass is 485 g/mol. The van der Waals surface area contributed by atoms with Gasteiger partial charge in [-0.15, -0.1) is 0 Å². The summed E-state index contributed by atoms with van der Waals surface area (Å²) >= 11 is 0. The van der Waals surface area contributed by atoms with Gasteiger partial charge in [0.15, 0.2) is 0 Å². The highest BCUT2D eigenvalue weighted by Gasteiger charge is 2.63. The van der Waals surface area contributed by atoms with E-state index < -0.39 is 11.3 Å². The summed E-state index contributed by atoms with van der Waals surface area (Å²) in [6.45, 7) is 13.1. The highest BCUT2D eigenvalue weighted by molar-refractivity contribution is 5.81. The highest BCUT2D eigenvalue weighted by Crippen LogP contribution is 2.51. The molecule has 1 amide bonds. The summed E-state index contributed by atoms with van der Waals surface area (Å²) < 4.78 is 13.5. The summed E-state index contributed by atoms with van der Waals surface area (Å²) in [4.78, 5) is 16.2. The fourth-order valence-corrected chi connectivity index (χ4v) is 5.77. The normalized spacial score (nSPS) is 28.3. The first kappa shape index (κ1) is 27.9. The van der Waals surface area contributed by atoms with Crippen LogP contribution in [-0.2, 0) is 14.3 Å². The number of rotatable bonds is 9. The molecule has 3 atom stereocenters. The van der Waals surface area contributed by atoms with Crippen LogP contribution in [0.15, 0.2) is 42.5 Å². The quantitative estimate of drug-likeness (QED) is 0.395. The summed E-state index contributed by atoms with van der Waals surface area (Å²) in [5.41, 5.74) is 4.22. The molecule has 0 radical (unpaired) electrons. The molecule has 0 aromatic heterocycles. The predicted molar refractivity (Wildman–Crippen MR) is 142 cm³/mol. The van der Waals surface area contributed by atoms with Crippen LogP contribution in [0.25, 0.3) is 0 Å². The smallest absolute Gasteiger partial charge is 0.227 e. The Bertz CT molecular complexity index is 840. The van der Waals surface area contributed by atoms with Crippen LogP contribution < -0.4 is 5.43 Å². The summed E-state index contributed by atoms with van der Waals surface area (Å²) in [6, 6.07) is 10.6. The molecule has 1 aromatic rings. The van der Waals surface area contributed by atoms with Crippen molar-refractivity contribution in [1.82, 2.24) is 15.3 Å². The number of ether oxygens (including phenoxy) is 2. The molecule has 35 heavy (non-hydrogen) atoms. The molecule has 0 bridgehead atoms. The maximum Gasteiger partial charge on any atom is 0.227 e. The molecule has 1 saturated carbocycles. The standard InChI is InChI=1S/C29H47N3O3/c1-8-11-18-29(34-21-27(4,5)22-35-29)28(30-31(6)7)19-17-24(23-15-13-12-14-16-23)20-25(28)26(33)32(9-2)10-3/h11-16,18,24-25,30H,8-10,17,19-22H2,1-7H3/b18-11+. The van der Waals surface area contributed by atoms with Gasteiger partial charge in [0.05, 0.1) is 19.1 Å². The number of benzene rings is 1. The Kier molecular flexibility index (Phi) is 9.19. The van der Waals surface area contributed by atoms with E-state index in [0.29, 0.717) is 32.2 Å². The fourth-order valence-electron chi connectivity index (χ4n) is 5.77. The van der Waals surface area contributed by atoms with E-state index >= 15 is 0 Å². The van der Waals surface area contributed by atoms with E-state index in [1.54, 1.807) is 0 Å². The Balaban J connectivity index is 2.15. The van der Waals surface area contributed by atoms with Gasteiger partial charge in [0.1, 0.15) is 5.54 Å². The van der Waals surface area contributed by atoms with Gasteiger partial charge in [-0.2, -0.15) is 0 Å². The average molecular weight is 486 g/mol. The Hall–Kier alpha value is -1.73. The molecular formula is C29H47N3O3. The minimum atomic E-state index is -1.03. The van der Waals surface area contributed by atoms with E-state index in [-0.39, 0.29) is 17.2 Å². The van der Waals surface area contributed by atoms with Crippen LogP contribution in [0.5, 0.6) is 0 Å². The van der Waals surface area contributed by atoms with E-state index in [2.05, 4.69) is 82.5 Å².